The number of rotatable bonds is 11. The van der Waals surface area contributed by atoms with Gasteiger partial charge < -0.3 is 24.3 Å². The Morgan fingerprint density at radius 2 is 1.59 bits per heavy atom. The third kappa shape index (κ3) is 6.22. The Hall–Kier alpha value is -4.01. The van der Waals surface area contributed by atoms with Crippen LogP contribution in [0.2, 0.25) is 0 Å². The zero-order valence-electron chi connectivity index (χ0n) is 20.7. The van der Waals surface area contributed by atoms with E-state index in [9.17, 15) is 4.79 Å². The molecule has 8 nitrogen and oxygen atoms in total. The molecule has 1 aliphatic heterocycles. The van der Waals surface area contributed by atoms with Crippen LogP contribution >= 0.6 is 0 Å². The maximum Gasteiger partial charge on any atom is 0.264 e. The second-order valence-electron chi connectivity index (χ2n) is 8.54. The van der Waals surface area contributed by atoms with Gasteiger partial charge in [0.25, 0.3) is 6.29 Å². The Bertz CT molecular complexity index is 1360. The predicted molar refractivity (Wildman–Crippen MR) is 140 cm³/mol. The molecule has 190 valence electrons. The van der Waals surface area contributed by atoms with E-state index in [1.165, 1.54) is 0 Å². The van der Waals surface area contributed by atoms with E-state index in [1.54, 1.807) is 6.20 Å². The minimum Gasteiger partial charge on any atom is -0.448 e. The third-order valence-electron chi connectivity index (χ3n) is 5.94. The minimum atomic E-state index is -0.497. The fourth-order valence-electron chi connectivity index (χ4n) is 3.97. The fourth-order valence-corrected chi connectivity index (χ4v) is 3.97. The summed E-state index contributed by atoms with van der Waals surface area (Å²) in [5, 5.41) is 2.76. The summed E-state index contributed by atoms with van der Waals surface area (Å²) in [6.45, 7) is 3.92. The molecule has 1 aliphatic rings. The van der Waals surface area contributed by atoms with E-state index in [-0.39, 0.29) is 5.91 Å². The monoisotopic (exact) mass is 499 g/mol. The molecule has 1 N–H and O–H groups in total. The number of carbonyl (C=O) groups excluding carboxylic acids is 1. The Morgan fingerprint density at radius 1 is 0.865 bits per heavy atom. The van der Waals surface area contributed by atoms with Crippen LogP contribution in [0.15, 0.2) is 72.9 Å². The van der Waals surface area contributed by atoms with Crippen molar-refractivity contribution in [3.8, 4) is 33.9 Å². The maximum atomic E-state index is 11.2. The van der Waals surface area contributed by atoms with Crippen LogP contribution in [0.5, 0.6) is 11.5 Å². The lowest BCUT2D eigenvalue weighted by Crippen LogP contribution is -2.27. The predicted octanol–water partition coefficient (Wildman–Crippen LogP) is 4.62. The number of nitrogens with zero attached hydrogens (tertiary/aromatic N) is 2. The van der Waals surface area contributed by atoms with Crippen LogP contribution < -0.4 is 14.8 Å². The number of amides is 1. The van der Waals surface area contributed by atoms with E-state index < -0.39 is 6.29 Å². The quantitative estimate of drug-likeness (QED) is 0.301. The van der Waals surface area contributed by atoms with Gasteiger partial charge in [-0.2, -0.15) is 0 Å². The Morgan fingerprint density at radius 3 is 2.43 bits per heavy atom. The number of para-hydroxylation sites is 2. The summed E-state index contributed by atoms with van der Waals surface area (Å²) in [4.78, 5) is 20.4. The van der Waals surface area contributed by atoms with Crippen LogP contribution in [-0.4, -0.2) is 55.1 Å². The Kier molecular flexibility index (Phi) is 7.88. The highest BCUT2D eigenvalue weighted by Crippen LogP contribution is 2.38. The second-order valence-corrected chi connectivity index (χ2v) is 8.54. The first-order chi connectivity index (χ1) is 18.2. The molecule has 1 amide bonds. The number of hydrogen-bond donors (Lipinski definition) is 1. The molecule has 0 bridgehead atoms. The van der Waals surface area contributed by atoms with Crippen LogP contribution in [0.25, 0.3) is 33.4 Å². The molecule has 1 unspecified atom stereocenters. The highest BCUT2D eigenvalue weighted by atomic mass is 16.7. The van der Waals surface area contributed by atoms with Crippen LogP contribution in [0.1, 0.15) is 13.3 Å². The lowest BCUT2D eigenvalue weighted by Gasteiger charge is -2.11. The SMILES string of the molecule is CCC(=O)NCCOCCOCC1Oc2ccc(-c3ccc(-c4cnc5ccccc5n4)cc3)cc2O1. The molecule has 0 saturated heterocycles. The number of benzene rings is 3. The first kappa shape index (κ1) is 24.7. The smallest absolute Gasteiger partial charge is 0.264 e. The van der Waals surface area contributed by atoms with Crippen molar-refractivity contribution in [3.05, 3.63) is 72.9 Å². The van der Waals surface area contributed by atoms with Gasteiger partial charge in [-0.05, 0) is 35.4 Å². The Labute approximate surface area is 215 Å². The molecule has 1 aromatic heterocycles. The van der Waals surface area contributed by atoms with Crippen molar-refractivity contribution in [2.45, 2.75) is 19.6 Å². The summed E-state index contributed by atoms with van der Waals surface area (Å²) in [7, 11) is 0. The van der Waals surface area contributed by atoms with Crippen molar-refractivity contribution in [2.24, 2.45) is 0 Å². The summed E-state index contributed by atoms with van der Waals surface area (Å²) in [5.41, 5.74) is 5.71. The summed E-state index contributed by atoms with van der Waals surface area (Å²) in [6.07, 6.45) is 1.78. The Balaban J connectivity index is 1.11. The lowest BCUT2D eigenvalue weighted by atomic mass is 10.0. The van der Waals surface area contributed by atoms with Gasteiger partial charge in [0.1, 0.15) is 6.61 Å². The van der Waals surface area contributed by atoms with Crippen molar-refractivity contribution in [1.29, 1.82) is 0 Å². The molecule has 0 saturated carbocycles. The van der Waals surface area contributed by atoms with Gasteiger partial charge in [0.05, 0.1) is 42.7 Å². The number of nitrogens with one attached hydrogen (secondary N) is 1. The van der Waals surface area contributed by atoms with E-state index in [1.807, 2.05) is 49.4 Å². The van der Waals surface area contributed by atoms with Crippen molar-refractivity contribution in [3.63, 3.8) is 0 Å². The van der Waals surface area contributed by atoms with E-state index in [0.717, 1.165) is 33.4 Å². The standard InChI is InChI=1S/C29H29N3O5/c1-2-28(33)30-13-14-34-15-16-35-19-29-36-26-12-11-22(17-27(26)37-29)20-7-9-21(10-8-20)25-18-31-23-5-3-4-6-24(23)32-25/h3-12,17-18,29H,2,13-16,19H2,1H3,(H,30,33). The summed E-state index contributed by atoms with van der Waals surface area (Å²) in [5.74, 6) is 1.41. The van der Waals surface area contributed by atoms with E-state index in [4.69, 9.17) is 23.9 Å². The molecule has 8 heteroatoms. The molecule has 0 fully saturated rings. The number of aromatic nitrogens is 2. The van der Waals surface area contributed by atoms with Gasteiger partial charge in [-0.1, -0.05) is 49.4 Å². The second kappa shape index (κ2) is 11.8. The maximum absolute atomic E-state index is 11.2. The van der Waals surface area contributed by atoms with Gasteiger partial charge >= 0.3 is 0 Å². The molecule has 4 aromatic rings. The first-order valence-electron chi connectivity index (χ1n) is 12.4. The molecule has 37 heavy (non-hydrogen) atoms. The van der Waals surface area contributed by atoms with Gasteiger partial charge in [-0.3, -0.25) is 9.78 Å². The average Bonchev–Trinajstić information content (AvgIpc) is 3.36. The molecule has 0 aliphatic carbocycles. The molecule has 2 heterocycles. The zero-order valence-corrected chi connectivity index (χ0v) is 20.7. The third-order valence-corrected chi connectivity index (χ3v) is 5.94. The van der Waals surface area contributed by atoms with Crippen molar-refractivity contribution < 1.29 is 23.7 Å². The average molecular weight is 500 g/mol. The lowest BCUT2D eigenvalue weighted by molar-refractivity contribution is -0.121. The van der Waals surface area contributed by atoms with Crippen LogP contribution in [0, 0.1) is 0 Å². The molecule has 0 spiro atoms. The van der Waals surface area contributed by atoms with Gasteiger partial charge in [-0.15, -0.1) is 0 Å². The van der Waals surface area contributed by atoms with E-state index in [2.05, 4.69) is 34.6 Å². The largest absolute Gasteiger partial charge is 0.448 e. The molecular weight excluding hydrogens is 470 g/mol. The topological polar surface area (TPSA) is 91.8 Å². The first-order valence-corrected chi connectivity index (χ1v) is 12.4. The fraction of sp³-hybridized carbons (Fsp3) is 0.276. The van der Waals surface area contributed by atoms with E-state index >= 15 is 0 Å². The van der Waals surface area contributed by atoms with Gasteiger partial charge in [0.15, 0.2) is 11.5 Å². The minimum absolute atomic E-state index is 0.0194. The van der Waals surface area contributed by atoms with E-state index in [0.29, 0.717) is 50.9 Å². The normalized spacial score (nSPS) is 14.1. The van der Waals surface area contributed by atoms with Crippen molar-refractivity contribution >= 4 is 16.9 Å². The summed E-state index contributed by atoms with van der Waals surface area (Å²) >= 11 is 0. The number of carbonyl (C=O) groups is 1. The van der Waals surface area contributed by atoms with Crippen LogP contribution in [-0.2, 0) is 14.3 Å². The highest BCUT2D eigenvalue weighted by molar-refractivity contribution is 5.78. The van der Waals surface area contributed by atoms with Crippen LogP contribution in [0.4, 0.5) is 0 Å². The summed E-state index contributed by atoms with van der Waals surface area (Å²) in [6, 6.07) is 22.0. The molecule has 5 rings (SSSR count). The summed E-state index contributed by atoms with van der Waals surface area (Å²) < 4.78 is 22.8. The molecular formula is C29H29N3O5. The molecule has 3 aromatic carbocycles. The number of ether oxygens (including phenoxy) is 4. The molecule has 1 atom stereocenters. The van der Waals surface area contributed by atoms with Gasteiger partial charge in [0, 0.05) is 18.5 Å². The number of hydrogen-bond acceptors (Lipinski definition) is 7. The zero-order chi connectivity index (χ0) is 25.5. The number of fused-ring (bicyclic) bond motifs is 2. The molecule has 0 radical (unpaired) electrons. The van der Waals surface area contributed by atoms with Crippen molar-refractivity contribution in [1.82, 2.24) is 15.3 Å². The van der Waals surface area contributed by atoms with Crippen LogP contribution in [0.3, 0.4) is 0 Å². The van der Waals surface area contributed by atoms with Gasteiger partial charge in [0.2, 0.25) is 5.91 Å². The van der Waals surface area contributed by atoms with Gasteiger partial charge in [-0.25, -0.2) is 4.98 Å². The highest BCUT2D eigenvalue weighted by Gasteiger charge is 2.24. The van der Waals surface area contributed by atoms with Crippen molar-refractivity contribution in [2.75, 3.05) is 33.0 Å².